The van der Waals surface area contributed by atoms with Crippen LogP contribution in [0.3, 0.4) is 0 Å². The summed E-state index contributed by atoms with van der Waals surface area (Å²) < 4.78 is 17.9. The van der Waals surface area contributed by atoms with Crippen LogP contribution >= 0.6 is 0 Å². The average molecular weight is 636 g/mol. The average Bonchev–Trinajstić information content (AvgIpc) is 2.95. The van der Waals surface area contributed by atoms with E-state index in [1.165, 1.54) is 0 Å². The van der Waals surface area contributed by atoms with Gasteiger partial charge in [-0.25, -0.2) is 0 Å². The second kappa shape index (κ2) is 15.6. The predicted molar refractivity (Wildman–Crippen MR) is 155 cm³/mol. The third kappa shape index (κ3) is 8.04. The molecule has 0 bridgehead atoms. The second-order valence-electron chi connectivity index (χ2n) is 12.9. The van der Waals surface area contributed by atoms with Gasteiger partial charge < -0.3 is 84.2 Å². The molecule has 2 aliphatic carbocycles. The summed E-state index contributed by atoms with van der Waals surface area (Å²) in [5, 5.41) is 69.4. The Morgan fingerprint density at radius 3 is 2.25 bits per heavy atom. The van der Waals surface area contributed by atoms with Crippen molar-refractivity contribution in [1.82, 2.24) is 10.6 Å². The molecule has 2 aliphatic heterocycles. The third-order valence-corrected chi connectivity index (χ3v) is 9.57. The van der Waals surface area contributed by atoms with Gasteiger partial charge in [0.15, 0.2) is 6.29 Å². The molecular weight excluding hydrogens is 582 g/mol. The van der Waals surface area contributed by atoms with Gasteiger partial charge in [0.1, 0.15) is 30.5 Å². The van der Waals surface area contributed by atoms with Crippen LogP contribution in [-0.2, 0) is 19.0 Å². The van der Waals surface area contributed by atoms with Crippen molar-refractivity contribution in [3.05, 3.63) is 0 Å². The lowest BCUT2D eigenvalue weighted by atomic mass is 9.72. The van der Waals surface area contributed by atoms with Crippen molar-refractivity contribution in [1.29, 1.82) is 0 Å². The molecule has 17 nitrogen and oxygen atoms in total. The predicted octanol–water partition coefficient (Wildman–Crippen LogP) is -6.79. The van der Waals surface area contributed by atoms with E-state index in [2.05, 4.69) is 10.6 Å². The number of nitrogens with two attached hydrogens (primary N) is 5. The van der Waals surface area contributed by atoms with Gasteiger partial charge in [-0.3, -0.25) is 4.79 Å². The van der Waals surface area contributed by atoms with E-state index in [1.807, 2.05) is 0 Å². The molecule has 17 heteroatoms. The highest BCUT2D eigenvalue weighted by atomic mass is 16.7. The van der Waals surface area contributed by atoms with Gasteiger partial charge in [-0.2, -0.15) is 0 Å². The fourth-order valence-electron chi connectivity index (χ4n) is 6.90. The smallest absolute Gasteiger partial charge is 0.249 e. The number of hydrogen-bond acceptors (Lipinski definition) is 16. The normalized spacial score (nSPS) is 47.1. The molecule has 0 radical (unpaired) electrons. The zero-order valence-corrected chi connectivity index (χ0v) is 24.9. The first kappa shape index (κ1) is 35.7. The van der Waals surface area contributed by atoms with Gasteiger partial charge in [-0.05, 0) is 51.1 Å². The maximum atomic E-state index is 12.8. The van der Waals surface area contributed by atoms with E-state index in [9.17, 15) is 35.4 Å². The molecular formula is C27H53N7O10. The van der Waals surface area contributed by atoms with Crippen LogP contribution in [0.1, 0.15) is 32.1 Å². The van der Waals surface area contributed by atoms with E-state index in [1.54, 1.807) is 0 Å². The molecule has 18 N–H and O–H groups in total. The minimum atomic E-state index is -1.56. The lowest BCUT2D eigenvalue weighted by Gasteiger charge is -2.51. The van der Waals surface area contributed by atoms with E-state index >= 15 is 0 Å². The summed E-state index contributed by atoms with van der Waals surface area (Å²) in [5.41, 5.74) is 30.3. The van der Waals surface area contributed by atoms with Crippen LogP contribution in [0.15, 0.2) is 0 Å². The van der Waals surface area contributed by atoms with Crippen molar-refractivity contribution < 1.29 is 49.6 Å². The number of nitrogens with one attached hydrogen (secondary N) is 2. The quantitative estimate of drug-likeness (QED) is 0.0947. The summed E-state index contributed by atoms with van der Waals surface area (Å²) in [6, 6.07) is -3.47. The molecule has 44 heavy (non-hydrogen) atoms. The fraction of sp³-hybridized carbons (Fsp3) is 0.963. The molecule has 2 saturated heterocycles. The molecule has 2 saturated carbocycles. The third-order valence-electron chi connectivity index (χ3n) is 9.57. The number of aliphatic hydroxyl groups is 6. The van der Waals surface area contributed by atoms with Crippen LogP contribution < -0.4 is 39.3 Å². The summed E-state index contributed by atoms with van der Waals surface area (Å²) in [6.45, 7) is 0.507. The van der Waals surface area contributed by atoms with E-state index in [4.69, 9.17) is 42.9 Å². The SMILES string of the molecule is NCCC(O)C(=O)NC1CC(N)C(C2OC(CNCC3CC(N)C3)C(O)CC2N)C(O)C1OC1OC(CO)C(O)C(N)C1O. The number of aliphatic hydroxyl groups excluding tert-OH is 6. The number of hydrogen-bond donors (Lipinski definition) is 13. The minimum Gasteiger partial charge on any atom is -0.394 e. The molecule has 256 valence electrons. The molecule has 1 amide bonds. The van der Waals surface area contributed by atoms with E-state index in [-0.39, 0.29) is 31.8 Å². The maximum Gasteiger partial charge on any atom is 0.249 e. The van der Waals surface area contributed by atoms with Crippen molar-refractivity contribution in [2.75, 3.05) is 26.2 Å². The molecule has 4 rings (SSSR count). The Balaban J connectivity index is 1.52. The van der Waals surface area contributed by atoms with Gasteiger partial charge in [-0.1, -0.05) is 0 Å². The van der Waals surface area contributed by atoms with Crippen LogP contribution in [0.4, 0.5) is 0 Å². The van der Waals surface area contributed by atoms with Crippen molar-refractivity contribution in [3.8, 4) is 0 Å². The zero-order valence-electron chi connectivity index (χ0n) is 24.9. The molecule has 0 spiro atoms. The van der Waals surface area contributed by atoms with Gasteiger partial charge in [0, 0.05) is 30.6 Å². The Hall–Kier alpha value is -1.13. The van der Waals surface area contributed by atoms with Gasteiger partial charge in [0.25, 0.3) is 0 Å². The second-order valence-corrected chi connectivity index (χ2v) is 12.9. The molecule has 2 heterocycles. The largest absolute Gasteiger partial charge is 0.394 e. The van der Waals surface area contributed by atoms with Crippen molar-refractivity contribution in [3.63, 3.8) is 0 Å². The van der Waals surface area contributed by atoms with E-state index in [0.717, 1.165) is 19.4 Å². The Kier molecular flexibility index (Phi) is 12.7. The highest BCUT2D eigenvalue weighted by Crippen LogP contribution is 2.37. The highest BCUT2D eigenvalue weighted by molar-refractivity contribution is 5.80. The Labute approximate surface area is 256 Å². The zero-order chi connectivity index (χ0) is 32.3. The van der Waals surface area contributed by atoms with Crippen molar-refractivity contribution in [2.24, 2.45) is 40.5 Å². The maximum absolute atomic E-state index is 12.8. The number of ether oxygens (including phenoxy) is 3. The first-order valence-electron chi connectivity index (χ1n) is 15.6. The van der Waals surface area contributed by atoms with Gasteiger partial charge in [-0.15, -0.1) is 0 Å². The molecule has 4 aliphatic rings. The first-order chi connectivity index (χ1) is 20.9. The molecule has 4 fully saturated rings. The number of carbonyl (C=O) groups is 1. The minimum absolute atomic E-state index is 0.00719. The molecule has 15 unspecified atom stereocenters. The monoisotopic (exact) mass is 635 g/mol. The molecule has 0 aromatic carbocycles. The Bertz CT molecular complexity index is 920. The summed E-state index contributed by atoms with van der Waals surface area (Å²) in [7, 11) is 0. The topological polar surface area (TPSA) is 320 Å². The lowest BCUT2D eigenvalue weighted by molar-refractivity contribution is -0.306. The number of carbonyl (C=O) groups excluding carboxylic acids is 1. The number of rotatable bonds is 12. The van der Waals surface area contributed by atoms with Crippen LogP contribution in [0.2, 0.25) is 0 Å². The summed E-state index contributed by atoms with van der Waals surface area (Å²) in [6.07, 6.45) is -10.00. The summed E-state index contributed by atoms with van der Waals surface area (Å²) >= 11 is 0. The summed E-state index contributed by atoms with van der Waals surface area (Å²) in [4.78, 5) is 12.8. The fourth-order valence-corrected chi connectivity index (χ4v) is 6.90. The van der Waals surface area contributed by atoms with Crippen LogP contribution in [0.25, 0.3) is 0 Å². The molecule has 15 atom stereocenters. The summed E-state index contributed by atoms with van der Waals surface area (Å²) in [5.74, 6) is -1.14. The highest BCUT2D eigenvalue weighted by Gasteiger charge is 2.53. The number of amides is 1. The standard InChI is InChI=1S/C27H53N7O10/c28-2-1-15(36)26(41)34-14-5-12(30)19(22(39)25(14)44-27-23(40)20(32)21(38)18(9-35)43-27)24-13(31)6-16(37)17(42-24)8-33-7-10-3-11(29)4-10/h10-25,27,33,35-40H,1-9,28-32H2,(H,34,41). The first-order valence-corrected chi connectivity index (χ1v) is 15.6. The lowest BCUT2D eigenvalue weighted by Crippen LogP contribution is -2.70. The van der Waals surface area contributed by atoms with Crippen molar-refractivity contribution in [2.45, 2.75) is 124 Å². The van der Waals surface area contributed by atoms with E-state index < -0.39 is 104 Å². The van der Waals surface area contributed by atoms with E-state index in [0.29, 0.717) is 12.5 Å². The van der Waals surface area contributed by atoms with Crippen LogP contribution in [-0.4, -0.2) is 154 Å². The van der Waals surface area contributed by atoms with Crippen LogP contribution in [0, 0.1) is 11.8 Å². The Morgan fingerprint density at radius 1 is 0.909 bits per heavy atom. The van der Waals surface area contributed by atoms with Gasteiger partial charge in [0.05, 0.1) is 43.1 Å². The Morgan fingerprint density at radius 2 is 1.61 bits per heavy atom. The van der Waals surface area contributed by atoms with Crippen molar-refractivity contribution >= 4 is 5.91 Å². The van der Waals surface area contributed by atoms with Gasteiger partial charge >= 0.3 is 0 Å². The molecule has 0 aromatic heterocycles. The van der Waals surface area contributed by atoms with Gasteiger partial charge in [0.2, 0.25) is 5.91 Å². The van der Waals surface area contributed by atoms with Crippen LogP contribution in [0.5, 0.6) is 0 Å². The molecule has 0 aromatic rings.